The number of sulfone groups is 1. The summed E-state index contributed by atoms with van der Waals surface area (Å²) >= 11 is 0. The molecule has 0 amide bonds. The molecule has 1 aliphatic rings. The number of nitrogens with one attached hydrogen (secondary N) is 1. The van der Waals surface area contributed by atoms with Gasteiger partial charge in [0.15, 0.2) is 0 Å². The van der Waals surface area contributed by atoms with E-state index in [9.17, 15) is 8.42 Å². The standard InChI is InChI=1S/C24H30N2O2S/c1-2-29(27,28)14-12-19-10-11-24-23(15-19)21(17-25-24)16-22-9-6-13-26(22)18-20-7-4-3-5-8-20/h3-5,7-8,10-11,15,17,22,25H,2,6,9,12-14,16,18H2,1H3/t22-/m1/s1. The Morgan fingerprint density at radius 2 is 1.93 bits per heavy atom. The highest BCUT2D eigenvalue weighted by Gasteiger charge is 2.25. The van der Waals surface area contributed by atoms with Crippen LogP contribution in [0.25, 0.3) is 10.9 Å². The lowest BCUT2D eigenvalue weighted by Crippen LogP contribution is -2.30. The molecule has 0 aliphatic carbocycles. The molecule has 0 saturated carbocycles. The van der Waals surface area contributed by atoms with Crippen molar-refractivity contribution >= 4 is 20.7 Å². The summed E-state index contributed by atoms with van der Waals surface area (Å²) in [6.07, 6.45) is 6.23. The molecular weight excluding hydrogens is 380 g/mol. The van der Waals surface area contributed by atoms with Crippen LogP contribution in [0.15, 0.2) is 54.7 Å². The highest BCUT2D eigenvalue weighted by atomic mass is 32.2. The number of aromatic nitrogens is 1. The summed E-state index contributed by atoms with van der Waals surface area (Å²) in [5.41, 5.74) is 4.94. The molecule has 0 spiro atoms. The minimum Gasteiger partial charge on any atom is -0.361 e. The van der Waals surface area contributed by atoms with Crippen LogP contribution in [0.4, 0.5) is 0 Å². The van der Waals surface area contributed by atoms with Crippen LogP contribution in [0.2, 0.25) is 0 Å². The van der Waals surface area contributed by atoms with E-state index in [1.807, 2.05) is 6.07 Å². The molecular formula is C24H30N2O2S. The average molecular weight is 411 g/mol. The van der Waals surface area contributed by atoms with Crippen molar-refractivity contribution < 1.29 is 8.42 Å². The molecule has 154 valence electrons. The predicted molar refractivity (Wildman–Crippen MR) is 120 cm³/mol. The second kappa shape index (κ2) is 8.72. The highest BCUT2D eigenvalue weighted by molar-refractivity contribution is 7.91. The topological polar surface area (TPSA) is 53.2 Å². The van der Waals surface area contributed by atoms with Crippen molar-refractivity contribution in [1.29, 1.82) is 0 Å². The van der Waals surface area contributed by atoms with E-state index in [1.54, 1.807) is 6.92 Å². The van der Waals surface area contributed by atoms with Crippen LogP contribution in [0.5, 0.6) is 0 Å². The van der Waals surface area contributed by atoms with Gasteiger partial charge in [0, 0.05) is 35.4 Å². The van der Waals surface area contributed by atoms with Gasteiger partial charge in [-0.05, 0) is 61.1 Å². The second-order valence-corrected chi connectivity index (χ2v) is 10.6. The summed E-state index contributed by atoms with van der Waals surface area (Å²) in [7, 11) is -2.94. The minimum atomic E-state index is -2.94. The van der Waals surface area contributed by atoms with Crippen LogP contribution in [-0.4, -0.2) is 42.4 Å². The van der Waals surface area contributed by atoms with Crippen LogP contribution in [0.1, 0.15) is 36.5 Å². The fourth-order valence-corrected chi connectivity index (χ4v) is 5.21. The van der Waals surface area contributed by atoms with E-state index in [-0.39, 0.29) is 11.5 Å². The predicted octanol–water partition coefficient (Wildman–Crippen LogP) is 4.35. The first-order valence-corrected chi connectivity index (χ1v) is 12.4. The van der Waals surface area contributed by atoms with Crippen LogP contribution >= 0.6 is 0 Å². The van der Waals surface area contributed by atoms with E-state index >= 15 is 0 Å². The molecule has 5 heteroatoms. The van der Waals surface area contributed by atoms with Gasteiger partial charge in [-0.3, -0.25) is 4.90 Å². The second-order valence-electron chi connectivity index (χ2n) is 8.14. The molecule has 1 saturated heterocycles. The molecule has 4 nitrogen and oxygen atoms in total. The molecule has 3 aromatic rings. The quantitative estimate of drug-likeness (QED) is 0.601. The third-order valence-corrected chi connectivity index (χ3v) is 7.86. The Labute approximate surface area is 173 Å². The SMILES string of the molecule is CCS(=O)(=O)CCc1ccc2[nH]cc(C[C@H]3CCCN3Cc3ccccc3)c2c1. The number of hydrogen-bond donors (Lipinski definition) is 1. The zero-order chi connectivity index (χ0) is 20.3. The fraction of sp³-hybridized carbons (Fsp3) is 0.417. The van der Waals surface area contributed by atoms with Gasteiger partial charge in [0.1, 0.15) is 9.84 Å². The molecule has 1 aromatic heterocycles. The Kier molecular flexibility index (Phi) is 6.07. The lowest BCUT2D eigenvalue weighted by Gasteiger charge is -2.24. The van der Waals surface area contributed by atoms with Gasteiger partial charge in [-0.15, -0.1) is 0 Å². The van der Waals surface area contributed by atoms with E-state index in [0.29, 0.717) is 12.5 Å². The zero-order valence-corrected chi connectivity index (χ0v) is 17.9. The van der Waals surface area contributed by atoms with E-state index in [4.69, 9.17) is 0 Å². The molecule has 1 aliphatic heterocycles. The van der Waals surface area contributed by atoms with Crippen molar-refractivity contribution in [3.8, 4) is 0 Å². The van der Waals surface area contributed by atoms with Gasteiger partial charge in [-0.2, -0.15) is 0 Å². The lowest BCUT2D eigenvalue weighted by atomic mass is 10.0. The monoisotopic (exact) mass is 410 g/mol. The van der Waals surface area contributed by atoms with Crippen molar-refractivity contribution in [2.24, 2.45) is 0 Å². The first-order chi connectivity index (χ1) is 14.0. The van der Waals surface area contributed by atoms with Gasteiger partial charge < -0.3 is 4.98 Å². The maximum absolute atomic E-state index is 11.9. The third-order valence-electron chi connectivity index (χ3n) is 6.16. The molecule has 0 bridgehead atoms. The van der Waals surface area contributed by atoms with E-state index < -0.39 is 9.84 Å². The molecule has 2 aromatic carbocycles. The van der Waals surface area contributed by atoms with E-state index in [0.717, 1.165) is 30.6 Å². The lowest BCUT2D eigenvalue weighted by molar-refractivity contribution is 0.244. The average Bonchev–Trinajstić information content (AvgIpc) is 3.34. The molecule has 4 rings (SSSR count). The fourth-order valence-electron chi connectivity index (χ4n) is 4.37. The number of aromatic amines is 1. The molecule has 0 radical (unpaired) electrons. The molecule has 1 fully saturated rings. The number of aryl methyl sites for hydroxylation is 1. The smallest absolute Gasteiger partial charge is 0.150 e. The van der Waals surface area contributed by atoms with E-state index in [2.05, 4.69) is 58.5 Å². The largest absolute Gasteiger partial charge is 0.361 e. The van der Waals surface area contributed by atoms with Gasteiger partial charge in [0.2, 0.25) is 0 Å². The number of nitrogens with zero attached hydrogens (tertiary/aromatic N) is 1. The summed E-state index contributed by atoms with van der Waals surface area (Å²) in [4.78, 5) is 6.00. The Hall–Kier alpha value is -2.11. The highest BCUT2D eigenvalue weighted by Crippen LogP contribution is 2.27. The summed E-state index contributed by atoms with van der Waals surface area (Å²) in [5.74, 6) is 0.436. The van der Waals surface area contributed by atoms with Crippen molar-refractivity contribution in [1.82, 2.24) is 9.88 Å². The van der Waals surface area contributed by atoms with Crippen LogP contribution < -0.4 is 0 Å². The van der Waals surface area contributed by atoms with Gasteiger partial charge in [0.05, 0.1) is 5.75 Å². The maximum Gasteiger partial charge on any atom is 0.150 e. The van der Waals surface area contributed by atoms with Gasteiger partial charge in [-0.1, -0.05) is 43.3 Å². The number of hydrogen-bond acceptors (Lipinski definition) is 3. The Balaban J connectivity index is 1.49. The van der Waals surface area contributed by atoms with Gasteiger partial charge >= 0.3 is 0 Å². The zero-order valence-electron chi connectivity index (χ0n) is 17.1. The summed E-state index contributed by atoms with van der Waals surface area (Å²) in [5, 5.41) is 1.24. The van der Waals surface area contributed by atoms with Crippen LogP contribution in [-0.2, 0) is 29.2 Å². The number of rotatable bonds is 8. The molecule has 1 atom stereocenters. The van der Waals surface area contributed by atoms with Crippen molar-refractivity contribution in [2.45, 2.75) is 45.2 Å². The third kappa shape index (κ3) is 4.90. The summed E-state index contributed by atoms with van der Waals surface area (Å²) < 4.78 is 23.7. The molecule has 1 N–H and O–H groups in total. The Morgan fingerprint density at radius 1 is 1.10 bits per heavy atom. The van der Waals surface area contributed by atoms with Gasteiger partial charge in [0.25, 0.3) is 0 Å². The Morgan fingerprint density at radius 3 is 2.72 bits per heavy atom. The Bertz CT molecular complexity index is 1060. The van der Waals surface area contributed by atoms with Crippen LogP contribution in [0, 0.1) is 0 Å². The first kappa shape index (κ1) is 20.2. The van der Waals surface area contributed by atoms with Crippen LogP contribution in [0.3, 0.4) is 0 Å². The molecule has 29 heavy (non-hydrogen) atoms. The summed E-state index contributed by atoms with van der Waals surface area (Å²) in [6, 6.07) is 17.6. The number of fused-ring (bicyclic) bond motifs is 1. The first-order valence-electron chi connectivity index (χ1n) is 10.6. The van der Waals surface area contributed by atoms with E-state index in [1.165, 1.54) is 29.4 Å². The number of benzene rings is 2. The normalized spacial score (nSPS) is 17.9. The number of likely N-dealkylation sites (tertiary alicyclic amines) is 1. The summed E-state index contributed by atoms with van der Waals surface area (Å²) in [6.45, 7) is 3.88. The van der Waals surface area contributed by atoms with Gasteiger partial charge in [-0.25, -0.2) is 8.42 Å². The van der Waals surface area contributed by atoms with Crippen molar-refractivity contribution in [2.75, 3.05) is 18.1 Å². The van der Waals surface area contributed by atoms with Crippen molar-refractivity contribution in [3.63, 3.8) is 0 Å². The number of H-pyrrole nitrogens is 1. The minimum absolute atomic E-state index is 0.212. The maximum atomic E-state index is 11.9. The molecule has 0 unspecified atom stereocenters. The van der Waals surface area contributed by atoms with Crippen molar-refractivity contribution in [3.05, 3.63) is 71.4 Å². The molecule has 2 heterocycles.